The Labute approximate surface area is 154 Å². The second kappa shape index (κ2) is 9.76. The van der Waals surface area contributed by atoms with Gasteiger partial charge in [0.15, 0.2) is 0 Å². The number of halogens is 3. The average molecular weight is 443 g/mol. The van der Waals surface area contributed by atoms with Crippen molar-refractivity contribution in [2.24, 2.45) is 5.92 Å². The Morgan fingerprint density at radius 2 is 1.72 bits per heavy atom. The third kappa shape index (κ3) is 5.58. The molecule has 0 aliphatic rings. The molecule has 0 aliphatic heterocycles. The third-order valence-electron chi connectivity index (χ3n) is 3.40. The van der Waals surface area contributed by atoms with Crippen molar-refractivity contribution in [3.05, 3.63) is 35.9 Å². The van der Waals surface area contributed by atoms with E-state index in [9.17, 15) is 18.1 Å². The summed E-state index contributed by atoms with van der Waals surface area (Å²) < 4.78 is 56.2. The third-order valence-corrected chi connectivity index (χ3v) is 6.90. The standard InChI is InChI=1S/C16H22BrF2O5P/c1-4-23-25(21,24-5-2)16(18,19)12(3)14(17)15(20)22-11-13-9-7-6-8-10-13/h6-10,12,14H,4-5,11H2,1-3H3/t12-,14-/m0/s1. The maximum atomic E-state index is 14.7. The van der Waals surface area contributed by atoms with Crippen molar-refractivity contribution in [2.75, 3.05) is 13.2 Å². The Hall–Kier alpha value is -0.820. The van der Waals surface area contributed by atoms with Crippen molar-refractivity contribution in [3.63, 3.8) is 0 Å². The van der Waals surface area contributed by atoms with Crippen molar-refractivity contribution in [1.82, 2.24) is 0 Å². The molecule has 1 aromatic carbocycles. The highest BCUT2D eigenvalue weighted by Gasteiger charge is 2.59. The molecule has 5 nitrogen and oxygen atoms in total. The van der Waals surface area contributed by atoms with E-state index in [1.54, 1.807) is 30.3 Å². The molecule has 1 rings (SSSR count). The quantitative estimate of drug-likeness (QED) is 0.290. The summed E-state index contributed by atoms with van der Waals surface area (Å²) in [5.74, 6) is -2.55. The van der Waals surface area contributed by atoms with E-state index in [-0.39, 0.29) is 19.8 Å². The summed E-state index contributed by atoms with van der Waals surface area (Å²) >= 11 is 2.93. The van der Waals surface area contributed by atoms with Crippen molar-refractivity contribution in [2.45, 2.75) is 37.9 Å². The van der Waals surface area contributed by atoms with Gasteiger partial charge in [-0.1, -0.05) is 53.2 Å². The molecule has 0 heterocycles. The van der Waals surface area contributed by atoms with Gasteiger partial charge in [0.05, 0.1) is 19.1 Å². The van der Waals surface area contributed by atoms with E-state index < -0.39 is 30.0 Å². The highest BCUT2D eigenvalue weighted by Crippen LogP contribution is 2.65. The largest absolute Gasteiger partial charge is 0.460 e. The maximum absolute atomic E-state index is 14.7. The predicted molar refractivity (Wildman–Crippen MR) is 93.9 cm³/mol. The van der Waals surface area contributed by atoms with Crippen LogP contribution >= 0.6 is 23.5 Å². The van der Waals surface area contributed by atoms with Crippen LogP contribution in [0, 0.1) is 5.92 Å². The molecule has 0 unspecified atom stereocenters. The van der Waals surface area contributed by atoms with E-state index in [0.29, 0.717) is 0 Å². The van der Waals surface area contributed by atoms with E-state index in [1.165, 1.54) is 13.8 Å². The zero-order valence-electron chi connectivity index (χ0n) is 14.3. The van der Waals surface area contributed by atoms with Crippen LogP contribution in [0.2, 0.25) is 0 Å². The normalized spacial score (nSPS) is 14.8. The second-order valence-electron chi connectivity index (χ2n) is 5.20. The number of carbonyl (C=O) groups excluding carboxylic acids is 1. The number of hydrogen-bond acceptors (Lipinski definition) is 5. The van der Waals surface area contributed by atoms with Crippen LogP contribution in [0.4, 0.5) is 8.78 Å². The van der Waals surface area contributed by atoms with Crippen LogP contribution < -0.4 is 0 Å². The topological polar surface area (TPSA) is 61.8 Å². The first-order valence-corrected chi connectivity index (χ1v) is 10.3. The van der Waals surface area contributed by atoms with Crippen LogP contribution in [-0.2, 0) is 29.8 Å². The molecule has 25 heavy (non-hydrogen) atoms. The SMILES string of the molecule is CCOP(=O)(OCC)C(F)(F)[C@@H](C)[C@H](Br)C(=O)OCc1ccccc1. The Bertz CT molecular complexity index is 589. The van der Waals surface area contributed by atoms with Crippen molar-refractivity contribution in [3.8, 4) is 0 Å². The average Bonchev–Trinajstić information content (AvgIpc) is 2.59. The first kappa shape index (κ1) is 22.2. The van der Waals surface area contributed by atoms with Gasteiger partial charge >= 0.3 is 19.2 Å². The Balaban J connectivity index is 2.82. The van der Waals surface area contributed by atoms with Gasteiger partial charge in [0.1, 0.15) is 11.4 Å². The number of rotatable bonds is 10. The molecule has 9 heteroatoms. The zero-order chi connectivity index (χ0) is 19.1. The number of esters is 1. The molecule has 0 radical (unpaired) electrons. The van der Waals surface area contributed by atoms with Gasteiger partial charge in [-0.3, -0.25) is 9.36 Å². The van der Waals surface area contributed by atoms with Gasteiger partial charge in [-0.25, -0.2) is 0 Å². The Morgan fingerprint density at radius 3 is 2.20 bits per heavy atom. The molecule has 0 amide bonds. The lowest BCUT2D eigenvalue weighted by molar-refractivity contribution is -0.147. The second-order valence-corrected chi connectivity index (χ2v) is 8.30. The fourth-order valence-electron chi connectivity index (χ4n) is 1.99. The fourth-order valence-corrected chi connectivity index (χ4v) is 4.40. The molecule has 142 valence electrons. The summed E-state index contributed by atoms with van der Waals surface area (Å²) in [5, 5.41) is 0. The monoisotopic (exact) mass is 442 g/mol. The first-order valence-electron chi connectivity index (χ1n) is 7.81. The number of ether oxygens (including phenoxy) is 1. The van der Waals surface area contributed by atoms with Gasteiger partial charge in [0, 0.05) is 0 Å². The minimum Gasteiger partial charge on any atom is -0.460 e. The van der Waals surface area contributed by atoms with Crippen molar-refractivity contribution >= 4 is 29.5 Å². The minimum atomic E-state index is -4.72. The lowest BCUT2D eigenvalue weighted by Crippen LogP contribution is -2.38. The summed E-state index contributed by atoms with van der Waals surface area (Å²) in [6.45, 7) is 3.51. The number of alkyl halides is 3. The van der Waals surface area contributed by atoms with E-state index in [1.807, 2.05) is 0 Å². The molecular formula is C16H22BrF2O5P. The molecule has 0 saturated carbocycles. The number of hydrogen-bond donors (Lipinski definition) is 0. The van der Waals surface area contributed by atoms with Crippen LogP contribution in [0.1, 0.15) is 26.3 Å². The van der Waals surface area contributed by atoms with E-state index >= 15 is 0 Å². The maximum Gasteiger partial charge on any atom is 0.399 e. The Morgan fingerprint density at radius 1 is 1.20 bits per heavy atom. The van der Waals surface area contributed by atoms with E-state index in [2.05, 4.69) is 15.9 Å². The van der Waals surface area contributed by atoms with Gasteiger partial charge in [-0.05, 0) is 19.4 Å². The Kier molecular flexibility index (Phi) is 8.68. The molecule has 1 aromatic rings. The minimum absolute atomic E-state index is 0.0470. The molecule has 0 bridgehead atoms. The molecule has 0 spiro atoms. The molecule has 0 saturated heterocycles. The number of benzene rings is 1. The summed E-state index contributed by atoms with van der Waals surface area (Å²) in [6, 6.07) is 8.83. The van der Waals surface area contributed by atoms with Crippen LogP contribution in [0.15, 0.2) is 30.3 Å². The first-order chi connectivity index (χ1) is 11.7. The molecule has 0 N–H and O–H groups in total. The van der Waals surface area contributed by atoms with Gasteiger partial charge < -0.3 is 13.8 Å². The van der Waals surface area contributed by atoms with Gasteiger partial charge in [-0.2, -0.15) is 8.78 Å². The highest BCUT2D eigenvalue weighted by atomic mass is 79.9. The van der Waals surface area contributed by atoms with Gasteiger partial charge in [0.25, 0.3) is 0 Å². The van der Waals surface area contributed by atoms with Crippen LogP contribution in [0.5, 0.6) is 0 Å². The van der Waals surface area contributed by atoms with Crippen LogP contribution in [0.3, 0.4) is 0 Å². The van der Waals surface area contributed by atoms with E-state index in [4.69, 9.17) is 13.8 Å². The summed E-state index contributed by atoms with van der Waals surface area (Å²) in [4.78, 5) is 10.7. The summed E-state index contributed by atoms with van der Waals surface area (Å²) in [7, 11) is -4.72. The van der Waals surface area contributed by atoms with Gasteiger partial charge in [0.2, 0.25) is 0 Å². The van der Waals surface area contributed by atoms with Crippen molar-refractivity contribution < 1.29 is 31.9 Å². The van der Waals surface area contributed by atoms with Crippen LogP contribution in [0.25, 0.3) is 0 Å². The summed E-state index contributed by atoms with van der Waals surface area (Å²) in [5.41, 5.74) is -3.14. The van der Waals surface area contributed by atoms with Crippen molar-refractivity contribution in [1.29, 1.82) is 0 Å². The predicted octanol–water partition coefficient (Wildman–Crippen LogP) is 4.99. The van der Waals surface area contributed by atoms with Gasteiger partial charge in [-0.15, -0.1) is 0 Å². The fraction of sp³-hybridized carbons (Fsp3) is 0.562. The van der Waals surface area contributed by atoms with Crippen LogP contribution in [-0.4, -0.2) is 29.7 Å². The summed E-state index contributed by atoms with van der Waals surface area (Å²) in [6.07, 6.45) is 0. The molecule has 0 fully saturated rings. The zero-order valence-corrected chi connectivity index (χ0v) is 16.8. The highest BCUT2D eigenvalue weighted by molar-refractivity contribution is 9.10. The molecular weight excluding hydrogens is 421 g/mol. The van der Waals surface area contributed by atoms with E-state index in [0.717, 1.165) is 12.5 Å². The lowest BCUT2D eigenvalue weighted by Gasteiger charge is -2.31. The molecule has 0 aliphatic carbocycles. The number of carbonyl (C=O) groups is 1. The smallest absolute Gasteiger partial charge is 0.399 e. The molecule has 2 atom stereocenters. The molecule has 0 aromatic heterocycles. The lowest BCUT2D eigenvalue weighted by atomic mass is 10.1.